The fourth-order valence-corrected chi connectivity index (χ4v) is 7.32. The number of fused-ring (bicyclic) bond motifs is 1. The van der Waals surface area contributed by atoms with Crippen molar-refractivity contribution in [2.75, 3.05) is 69.1 Å². The van der Waals surface area contributed by atoms with Crippen LogP contribution in [0.4, 0.5) is 16.2 Å². The van der Waals surface area contributed by atoms with Gasteiger partial charge in [-0.15, -0.1) is 11.3 Å². The number of benzene rings is 1. The van der Waals surface area contributed by atoms with E-state index in [1.165, 1.54) is 17.2 Å². The Morgan fingerprint density at radius 2 is 1.81 bits per heavy atom. The molecule has 2 aliphatic rings. The summed E-state index contributed by atoms with van der Waals surface area (Å²) in [5.41, 5.74) is 9.26. The van der Waals surface area contributed by atoms with E-state index < -0.39 is 10.0 Å². The van der Waals surface area contributed by atoms with Crippen LogP contribution in [0.5, 0.6) is 0 Å². The summed E-state index contributed by atoms with van der Waals surface area (Å²) in [7, 11) is -3.16. The van der Waals surface area contributed by atoms with E-state index in [0.29, 0.717) is 58.4 Å². The van der Waals surface area contributed by atoms with Gasteiger partial charge in [-0.25, -0.2) is 23.2 Å². The number of halogens is 1. The topological polar surface area (TPSA) is 108 Å². The minimum Gasteiger partial charge on any atom is -0.378 e. The number of hydrogen-bond donors (Lipinski definition) is 2. The molecule has 5 heterocycles. The molecule has 0 saturated carbocycles. The van der Waals surface area contributed by atoms with Crippen LogP contribution in [0.1, 0.15) is 16.1 Å². The van der Waals surface area contributed by atoms with Gasteiger partial charge in [0.25, 0.3) is 0 Å². The van der Waals surface area contributed by atoms with E-state index >= 15 is 0 Å². The number of morpholine rings is 1. The van der Waals surface area contributed by atoms with Gasteiger partial charge in [0.05, 0.1) is 36.2 Å². The molecule has 42 heavy (non-hydrogen) atoms. The molecule has 0 atom stereocenters. The minimum absolute atomic E-state index is 0.240. The molecule has 0 aliphatic carbocycles. The number of aromatic nitrogens is 3. The van der Waals surface area contributed by atoms with Crippen LogP contribution in [0, 0.1) is 5.82 Å². The van der Waals surface area contributed by atoms with E-state index in [1.54, 1.807) is 27.8 Å². The predicted octanol–water partition coefficient (Wildman–Crippen LogP) is 2.71. The lowest BCUT2D eigenvalue weighted by Crippen LogP contribution is -2.47. The van der Waals surface area contributed by atoms with E-state index in [1.807, 2.05) is 24.4 Å². The van der Waals surface area contributed by atoms with Gasteiger partial charge < -0.3 is 14.2 Å². The molecule has 4 aromatic rings. The molecule has 224 valence electrons. The Morgan fingerprint density at radius 3 is 2.57 bits per heavy atom. The van der Waals surface area contributed by atoms with Crippen molar-refractivity contribution in [2.24, 2.45) is 0 Å². The number of hydrazine groups is 1. The van der Waals surface area contributed by atoms with Crippen molar-refractivity contribution in [3.8, 4) is 0 Å². The van der Waals surface area contributed by atoms with Gasteiger partial charge in [0.1, 0.15) is 5.82 Å². The number of nitrogens with one attached hydrogen (secondary N) is 2. The van der Waals surface area contributed by atoms with Crippen molar-refractivity contribution in [1.82, 2.24) is 29.2 Å². The lowest BCUT2D eigenvalue weighted by Gasteiger charge is -2.32. The Labute approximate surface area is 248 Å². The SMILES string of the molecule is CS(=O)(=O)N1CCN(Cc2cc3nc(NNCc4cccn4Cc4cccc(F)c4)nc(N4CCOCC4)c3s2)CC1. The summed E-state index contributed by atoms with van der Waals surface area (Å²) < 4.78 is 47.7. The third kappa shape index (κ3) is 6.90. The summed E-state index contributed by atoms with van der Waals surface area (Å²) in [6.45, 7) is 7.06. The van der Waals surface area contributed by atoms with E-state index in [0.717, 1.165) is 46.9 Å². The molecule has 0 spiro atoms. The quantitative estimate of drug-likeness (QED) is 0.261. The van der Waals surface area contributed by atoms with Crippen LogP contribution in [-0.4, -0.2) is 90.9 Å². The summed E-state index contributed by atoms with van der Waals surface area (Å²) in [5.74, 6) is 1.13. The van der Waals surface area contributed by atoms with Crippen LogP contribution in [0.15, 0.2) is 48.7 Å². The highest BCUT2D eigenvalue weighted by molar-refractivity contribution is 7.88. The number of sulfonamides is 1. The van der Waals surface area contributed by atoms with Crippen molar-refractivity contribution in [3.63, 3.8) is 0 Å². The van der Waals surface area contributed by atoms with E-state index in [2.05, 4.69) is 31.3 Å². The molecule has 3 aromatic heterocycles. The van der Waals surface area contributed by atoms with Gasteiger partial charge in [-0.2, -0.15) is 9.29 Å². The molecule has 11 nitrogen and oxygen atoms in total. The summed E-state index contributed by atoms with van der Waals surface area (Å²) in [5, 5.41) is 0. The fourth-order valence-electron chi connectivity index (χ4n) is 5.34. The maximum absolute atomic E-state index is 13.7. The van der Waals surface area contributed by atoms with E-state index in [9.17, 15) is 12.8 Å². The molecule has 1 aromatic carbocycles. The van der Waals surface area contributed by atoms with Gasteiger partial charge in [-0.05, 0) is 35.9 Å². The van der Waals surface area contributed by atoms with Gasteiger partial charge >= 0.3 is 0 Å². The van der Waals surface area contributed by atoms with Crippen LogP contribution < -0.4 is 15.8 Å². The molecule has 2 saturated heterocycles. The molecule has 0 radical (unpaired) electrons. The first kappa shape index (κ1) is 29.0. The Balaban J connectivity index is 1.16. The van der Waals surface area contributed by atoms with Gasteiger partial charge in [0, 0.05) is 69.1 Å². The molecule has 2 aliphatic heterocycles. The van der Waals surface area contributed by atoms with Crippen molar-refractivity contribution >= 4 is 43.3 Å². The summed E-state index contributed by atoms with van der Waals surface area (Å²) in [6, 6.07) is 12.8. The number of anilines is 2. The smallest absolute Gasteiger partial charge is 0.239 e. The Hall–Kier alpha value is -3.14. The van der Waals surface area contributed by atoms with Crippen molar-refractivity contribution < 1.29 is 17.5 Å². The highest BCUT2D eigenvalue weighted by Gasteiger charge is 2.25. The number of thiophene rings is 1. The first-order valence-electron chi connectivity index (χ1n) is 14.0. The summed E-state index contributed by atoms with van der Waals surface area (Å²) in [4.78, 5) is 15.4. The maximum atomic E-state index is 13.7. The number of piperazine rings is 1. The summed E-state index contributed by atoms with van der Waals surface area (Å²) >= 11 is 1.69. The first-order valence-corrected chi connectivity index (χ1v) is 16.7. The molecular formula is C28H35FN8O3S2. The first-order chi connectivity index (χ1) is 20.3. The van der Waals surface area contributed by atoms with Crippen LogP contribution in [0.2, 0.25) is 0 Å². The standard InChI is InChI=1S/C28H35FN8O3S2/c1-42(38,39)37-10-8-34(9-11-37)20-24-17-25-26(41-24)27(35-12-14-40-15-13-35)32-28(31-25)33-30-18-23-6-3-7-36(23)19-21-4-2-5-22(29)16-21/h2-7,16-17,30H,8-15,18-20H2,1H3,(H,31,32,33). The number of rotatable bonds is 10. The van der Waals surface area contributed by atoms with E-state index in [-0.39, 0.29) is 5.82 Å². The number of ether oxygens (including phenoxy) is 1. The second kappa shape index (κ2) is 12.6. The third-order valence-corrected chi connectivity index (χ3v) is 9.94. The zero-order chi connectivity index (χ0) is 29.1. The Bertz CT molecular complexity index is 1630. The monoisotopic (exact) mass is 614 g/mol. The largest absolute Gasteiger partial charge is 0.378 e. The summed E-state index contributed by atoms with van der Waals surface area (Å²) in [6.07, 6.45) is 3.25. The zero-order valence-corrected chi connectivity index (χ0v) is 25.1. The van der Waals surface area contributed by atoms with Crippen LogP contribution in [-0.2, 0) is 34.4 Å². The molecule has 6 rings (SSSR count). The normalized spacial score (nSPS) is 17.2. The highest BCUT2D eigenvalue weighted by atomic mass is 32.2. The second-order valence-electron chi connectivity index (χ2n) is 10.6. The lowest BCUT2D eigenvalue weighted by molar-refractivity contribution is 0.122. The zero-order valence-electron chi connectivity index (χ0n) is 23.5. The Kier molecular flexibility index (Phi) is 8.70. The van der Waals surface area contributed by atoms with Crippen LogP contribution in [0.3, 0.4) is 0 Å². The van der Waals surface area contributed by atoms with Gasteiger partial charge in [-0.1, -0.05) is 12.1 Å². The van der Waals surface area contributed by atoms with Crippen molar-refractivity contribution in [1.29, 1.82) is 0 Å². The maximum Gasteiger partial charge on any atom is 0.239 e. The molecule has 0 unspecified atom stereocenters. The predicted molar refractivity (Wildman–Crippen MR) is 163 cm³/mol. The number of hydrogen-bond acceptors (Lipinski definition) is 10. The third-order valence-electron chi connectivity index (χ3n) is 7.53. The average molecular weight is 615 g/mol. The van der Waals surface area contributed by atoms with Crippen LogP contribution in [0.25, 0.3) is 10.2 Å². The van der Waals surface area contributed by atoms with E-state index in [4.69, 9.17) is 14.7 Å². The van der Waals surface area contributed by atoms with Gasteiger partial charge in [-0.3, -0.25) is 10.3 Å². The van der Waals surface area contributed by atoms with Gasteiger partial charge in [0.2, 0.25) is 16.0 Å². The molecule has 0 bridgehead atoms. The molecule has 0 amide bonds. The lowest BCUT2D eigenvalue weighted by atomic mass is 10.2. The minimum atomic E-state index is -3.16. The molecule has 2 N–H and O–H groups in total. The highest BCUT2D eigenvalue weighted by Crippen LogP contribution is 2.34. The fraction of sp³-hybridized carbons (Fsp3) is 0.429. The van der Waals surface area contributed by atoms with Crippen molar-refractivity contribution in [2.45, 2.75) is 19.6 Å². The van der Waals surface area contributed by atoms with Crippen LogP contribution >= 0.6 is 11.3 Å². The second-order valence-corrected chi connectivity index (χ2v) is 13.7. The molecule has 14 heteroatoms. The van der Waals surface area contributed by atoms with Gasteiger partial charge in [0.15, 0.2) is 5.82 Å². The molecule has 2 fully saturated rings. The van der Waals surface area contributed by atoms with Crippen molar-refractivity contribution in [3.05, 3.63) is 70.6 Å². The number of nitrogens with zero attached hydrogens (tertiary/aromatic N) is 6. The molecular weight excluding hydrogens is 579 g/mol. The Morgan fingerprint density at radius 1 is 1.00 bits per heavy atom. The average Bonchev–Trinajstić information content (AvgIpc) is 3.59.